The maximum atomic E-state index is 3.72. The molecule has 0 atom stereocenters. The Kier molecular flexibility index (Phi) is 15.2. The van der Waals surface area contributed by atoms with Gasteiger partial charge in [-0.25, -0.2) is 0 Å². The fourth-order valence-corrected chi connectivity index (χ4v) is 0.956. The van der Waals surface area contributed by atoms with E-state index >= 15 is 0 Å². The van der Waals surface area contributed by atoms with Gasteiger partial charge in [0.1, 0.15) is 0 Å². The van der Waals surface area contributed by atoms with Crippen molar-refractivity contribution in [2.75, 3.05) is 0 Å². The molecule has 0 nitrogen and oxygen atoms in total. The molecule has 0 N–H and O–H groups in total. The van der Waals surface area contributed by atoms with E-state index in [0.29, 0.717) is 0 Å². The quantitative estimate of drug-likeness (QED) is 0.462. The Bertz CT molecular complexity index is 327. The first-order valence-corrected chi connectivity index (χ1v) is 10.8. The average Bonchev–Trinajstić information content (AvgIpc) is 2.34. The Morgan fingerprint density at radius 2 is 0.882 bits per heavy atom. The first-order valence-electron chi connectivity index (χ1n) is 4.88. The Morgan fingerprint density at radius 3 is 1.00 bits per heavy atom. The second-order valence-corrected chi connectivity index (χ2v) is 2.97. The summed E-state index contributed by atoms with van der Waals surface area (Å²) < 4.78 is 0. The molecule has 0 aliphatic carbocycles. The van der Waals surface area contributed by atoms with E-state index in [1.54, 1.807) is 23.3 Å². The second kappa shape index (κ2) is 13.6. The van der Waals surface area contributed by atoms with Crippen molar-refractivity contribution in [2.24, 2.45) is 0 Å². The van der Waals surface area contributed by atoms with Gasteiger partial charge in [0.25, 0.3) is 0 Å². The molecule has 0 spiro atoms. The van der Waals surface area contributed by atoms with Crippen LogP contribution in [0, 0.1) is 13.8 Å². The van der Waals surface area contributed by atoms with Gasteiger partial charge in [-0.1, -0.05) is 12.1 Å². The van der Waals surface area contributed by atoms with Crippen molar-refractivity contribution in [3.8, 4) is 0 Å². The number of halogens is 1. The number of rotatable bonds is 0. The summed E-state index contributed by atoms with van der Waals surface area (Å²) in [6.45, 7) is 9.39. The molecule has 0 aliphatic rings. The summed E-state index contributed by atoms with van der Waals surface area (Å²) >= 11 is 1.58. The minimum atomic E-state index is 0. The van der Waals surface area contributed by atoms with E-state index in [9.17, 15) is 0 Å². The first kappa shape index (κ1) is 18.9. The van der Waals surface area contributed by atoms with Gasteiger partial charge in [-0.05, 0) is 0 Å². The van der Waals surface area contributed by atoms with E-state index in [1.807, 2.05) is 67.5 Å². The second-order valence-electron chi connectivity index (χ2n) is 2.97. The van der Waals surface area contributed by atoms with Gasteiger partial charge in [0.15, 0.2) is 0 Å². The van der Waals surface area contributed by atoms with Crippen LogP contribution in [0.5, 0.6) is 0 Å². The van der Waals surface area contributed by atoms with Crippen LogP contribution in [0.3, 0.4) is 0 Å². The molecular weight excluding hydrogens is 323 g/mol. The van der Waals surface area contributed by atoms with Crippen molar-refractivity contribution < 1.29 is 35.7 Å². The zero-order chi connectivity index (χ0) is 12.2. The van der Waals surface area contributed by atoms with Crippen LogP contribution >= 0.6 is 0 Å². The van der Waals surface area contributed by atoms with E-state index in [-0.39, 0.29) is 12.4 Å². The summed E-state index contributed by atoms with van der Waals surface area (Å²) in [6, 6.07) is 19.7. The van der Waals surface area contributed by atoms with Crippen molar-refractivity contribution in [3.63, 3.8) is 0 Å². The Hall–Kier alpha value is -0.430. The van der Waals surface area contributed by atoms with Crippen LogP contribution < -0.4 is 12.4 Å². The van der Waals surface area contributed by atoms with Crippen LogP contribution in [0.4, 0.5) is 0 Å². The summed E-state index contributed by atoms with van der Waals surface area (Å²) in [5, 5.41) is 0. The zero-order valence-corrected chi connectivity index (χ0v) is 14.4. The zero-order valence-electron chi connectivity index (χ0n) is 9.77. The third kappa shape index (κ3) is 11.8. The standard InChI is InChI=1S/2C7H7.ClH.H2Si.Zr/c2*1-7-5-3-2-4-6-7;;;/h2*2-6H,1H2;1H;1H2;/q2*-1;;;/p-1. The molecule has 3 heteroatoms. The monoisotopic (exact) mass is 337 g/mol. The predicted octanol–water partition coefficient (Wildman–Crippen LogP) is -0.177. The van der Waals surface area contributed by atoms with E-state index in [2.05, 4.69) is 13.8 Å². The fraction of sp³-hybridized carbons (Fsp3) is 0. The molecular formula is C14H16ClSiZr-3. The summed E-state index contributed by atoms with van der Waals surface area (Å²) in [7, 11) is 0. The molecule has 17 heavy (non-hydrogen) atoms. The van der Waals surface area contributed by atoms with Gasteiger partial charge in [0.05, 0.1) is 0 Å². The molecule has 0 aromatic heterocycles. The molecule has 90 valence electrons. The summed E-state index contributed by atoms with van der Waals surface area (Å²) in [4.78, 5) is 0. The molecule has 0 saturated heterocycles. The van der Waals surface area contributed by atoms with E-state index < -0.39 is 0 Å². The molecule has 0 aliphatic heterocycles. The van der Waals surface area contributed by atoms with E-state index in [0.717, 1.165) is 11.1 Å². The van der Waals surface area contributed by atoms with Crippen molar-refractivity contribution in [1.29, 1.82) is 0 Å². The van der Waals surface area contributed by atoms with Crippen LogP contribution in [-0.2, 0) is 23.3 Å². The molecule has 0 unspecified atom stereocenters. The first-order chi connectivity index (χ1) is 7.79. The summed E-state index contributed by atoms with van der Waals surface area (Å²) in [5.74, 6) is 0. The molecule has 0 saturated carbocycles. The fourth-order valence-electron chi connectivity index (χ4n) is 0.956. The van der Waals surface area contributed by atoms with Crippen LogP contribution in [-0.4, -0.2) is 6.88 Å². The Balaban J connectivity index is 0. The van der Waals surface area contributed by atoms with Crippen molar-refractivity contribution >= 4 is 6.88 Å². The molecule has 0 fully saturated rings. The Morgan fingerprint density at radius 1 is 0.647 bits per heavy atom. The third-order valence-electron chi connectivity index (χ3n) is 1.69. The molecule has 2 aromatic carbocycles. The number of benzene rings is 2. The van der Waals surface area contributed by atoms with Crippen LogP contribution in [0.2, 0.25) is 0 Å². The van der Waals surface area contributed by atoms with E-state index in [1.165, 1.54) is 0 Å². The van der Waals surface area contributed by atoms with Gasteiger partial charge in [0, 0.05) is 0 Å². The average molecular weight is 339 g/mol. The van der Waals surface area contributed by atoms with Crippen molar-refractivity contribution in [2.45, 2.75) is 0 Å². The van der Waals surface area contributed by atoms with Gasteiger partial charge in [-0.2, -0.15) is 49.2 Å². The normalized spacial score (nSPS) is 7.24. The van der Waals surface area contributed by atoms with Crippen LogP contribution in [0.15, 0.2) is 60.7 Å². The Labute approximate surface area is 127 Å². The topological polar surface area (TPSA) is 0 Å². The third-order valence-corrected chi connectivity index (χ3v) is 1.69. The molecule has 2 rings (SSSR count). The molecule has 0 bridgehead atoms. The summed E-state index contributed by atoms with van der Waals surface area (Å²) in [6.07, 6.45) is 0. The molecule has 0 radical (unpaired) electrons. The summed E-state index contributed by atoms with van der Waals surface area (Å²) in [5.41, 5.74) is 2.14. The number of hydrogen-bond donors (Lipinski definition) is 0. The van der Waals surface area contributed by atoms with E-state index in [4.69, 9.17) is 0 Å². The minimum absolute atomic E-state index is 0. The van der Waals surface area contributed by atoms with Gasteiger partial charge in [-0.3, -0.25) is 0 Å². The van der Waals surface area contributed by atoms with Crippen LogP contribution in [0.1, 0.15) is 11.1 Å². The van der Waals surface area contributed by atoms with Crippen LogP contribution in [0.25, 0.3) is 0 Å². The predicted molar refractivity (Wildman–Crippen MR) is 70.3 cm³/mol. The van der Waals surface area contributed by atoms with Gasteiger partial charge in [0.2, 0.25) is 0 Å². The van der Waals surface area contributed by atoms with Gasteiger partial charge < -0.3 is 12.4 Å². The SMILES string of the molecule is [CH2-]c1ccccc1.[CH2-]c1ccccc1.[Cl-].[SiH2]=[Zr]. The van der Waals surface area contributed by atoms with Crippen molar-refractivity contribution in [3.05, 3.63) is 85.6 Å². The van der Waals surface area contributed by atoms with Crippen molar-refractivity contribution in [1.82, 2.24) is 0 Å². The molecule has 2 aromatic rings. The molecule has 0 amide bonds. The maximum absolute atomic E-state index is 3.72. The van der Waals surface area contributed by atoms with Gasteiger partial charge >= 0.3 is 30.2 Å². The number of hydrogen-bond acceptors (Lipinski definition) is 0. The van der Waals surface area contributed by atoms with Gasteiger partial charge in [-0.15, -0.1) is 24.3 Å². The molecule has 0 heterocycles.